The fraction of sp³-hybridized carbons (Fsp3) is 0.571. The van der Waals surface area contributed by atoms with E-state index in [1.54, 1.807) is 0 Å². The third-order valence-corrected chi connectivity index (χ3v) is 3.99. The van der Waals surface area contributed by atoms with Crippen LogP contribution in [0, 0.1) is 0 Å². The van der Waals surface area contributed by atoms with Crippen molar-refractivity contribution in [2.45, 2.75) is 0 Å². The summed E-state index contributed by atoms with van der Waals surface area (Å²) in [5.74, 6) is 1.94. The van der Waals surface area contributed by atoms with Crippen LogP contribution < -0.4 is 9.80 Å². The molecule has 4 rings (SSSR count). The topological polar surface area (TPSA) is 55.1 Å². The molecule has 0 aliphatic carbocycles. The fourth-order valence-electron chi connectivity index (χ4n) is 2.84. The number of imidazole rings is 1. The van der Waals surface area contributed by atoms with Crippen LogP contribution >= 0.6 is 0 Å². The molecule has 0 aromatic carbocycles. The molecule has 2 aromatic heterocycles. The molecule has 7 heteroatoms. The molecular weight excluding hydrogens is 270 g/mol. The molecule has 2 fully saturated rings. The number of anilines is 2. The maximum absolute atomic E-state index is 5.44. The third kappa shape index (κ3) is 2.43. The van der Waals surface area contributed by atoms with Gasteiger partial charge in [-0.3, -0.25) is 4.40 Å². The second kappa shape index (κ2) is 5.50. The number of hydrogen-bond acceptors (Lipinski definition) is 6. The average molecular weight is 289 g/mol. The minimum Gasteiger partial charge on any atom is -0.378 e. The zero-order chi connectivity index (χ0) is 14.1. The van der Waals surface area contributed by atoms with Gasteiger partial charge in [-0.25, -0.2) is 4.98 Å². The standard InChI is InChI=1S/C14H19N5O2/c1-2-19-12(15-1)11-13(17-3-7-20-8-4-17)16-14(19)18-5-9-21-10-6-18/h1-2,11H,3-10H2. The number of nitrogens with zero attached hydrogens (tertiary/aromatic N) is 5. The van der Waals surface area contributed by atoms with Gasteiger partial charge in [0.15, 0.2) is 0 Å². The van der Waals surface area contributed by atoms with E-state index >= 15 is 0 Å². The number of morpholine rings is 2. The maximum atomic E-state index is 5.44. The van der Waals surface area contributed by atoms with Crippen molar-refractivity contribution < 1.29 is 9.47 Å². The lowest BCUT2D eigenvalue weighted by molar-refractivity contribution is 0.121. The Morgan fingerprint density at radius 1 is 0.905 bits per heavy atom. The maximum Gasteiger partial charge on any atom is 0.213 e. The van der Waals surface area contributed by atoms with Crippen LogP contribution in [0.5, 0.6) is 0 Å². The van der Waals surface area contributed by atoms with Gasteiger partial charge in [0.2, 0.25) is 5.95 Å². The Kier molecular flexibility index (Phi) is 3.36. The molecule has 0 N–H and O–H groups in total. The number of hydrogen-bond donors (Lipinski definition) is 0. The van der Waals surface area contributed by atoms with Gasteiger partial charge in [0.25, 0.3) is 0 Å². The van der Waals surface area contributed by atoms with Crippen LogP contribution in [-0.4, -0.2) is 67.0 Å². The molecule has 2 aliphatic rings. The predicted molar refractivity (Wildman–Crippen MR) is 79.1 cm³/mol. The summed E-state index contributed by atoms with van der Waals surface area (Å²) in [6.45, 7) is 6.51. The summed E-state index contributed by atoms with van der Waals surface area (Å²) in [7, 11) is 0. The molecule has 2 aliphatic heterocycles. The Bertz CT molecular complexity index is 617. The van der Waals surface area contributed by atoms with Crippen molar-refractivity contribution in [3.8, 4) is 0 Å². The van der Waals surface area contributed by atoms with Crippen molar-refractivity contribution in [3.63, 3.8) is 0 Å². The first kappa shape index (κ1) is 12.8. The smallest absolute Gasteiger partial charge is 0.213 e. The van der Waals surface area contributed by atoms with E-state index in [2.05, 4.69) is 25.3 Å². The molecule has 4 heterocycles. The molecule has 0 amide bonds. The highest BCUT2D eigenvalue weighted by Gasteiger charge is 2.20. The van der Waals surface area contributed by atoms with Gasteiger partial charge in [-0.15, -0.1) is 0 Å². The number of rotatable bonds is 2. The molecule has 2 saturated heterocycles. The predicted octanol–water partition coefficient (Wildman–Crippen LogP) is 0.402. The Morgan fingerprint density at radius 3 is 2.29 bits per heavy atom. The van der Waals surface area contributed by atoms with Crippen molar-refractivity contribution in [2.75, 3.05) is 62.4 Å². The molecule has 2 aromatic rings. The Morgan fingerprint density at radius 2 is 1.57 bits per heavy atom. The van der Waals surface area contributed by atoms with E-state index < -0.39 is 0 Å². The molecule has 7 nitrogen and oxygen atoms in total. The lowest BCUT2D eigenvalue weighted by Gasteiger charge is -2.31. The summed E-state index contributed by atoms with van der Waals surface area (Å²) < 4.78 is 12.9. The molecule has 0 saturated carbocycles. The van der Waals surface area contributed by atoms with Gasteiger partial charge in [0.05, 0.1) is 26.4 Å². The van der Waals surface area contributed by atoms with E-state index in [9.17, 15) is 0 Å². The van der Waals surface area contributed by atoms with Crippen LogP contribution in [0.4, 0.5) is 11.8 Å². The first-order chi connectivity index (χ1) is 10.4. The molecule has 0 bridgehead atoms. The zero-order valence-corrected chi connectivity index (χ0v) is 11.9. The highest BCUT2D eigenvalue weighted by atomic mass is 16.5. The van der Waals surface area contributed by atoms with Crippen LogP contribution in [0.1, 0.15) is 0 Å². The molecule has 112 valence electrons. The Balaban J connectivity index is 1.74. The van der Waals surface area contributed by atoms with Crippen molar-refractivity contribution in [2.24, 2.45) is 0 Å². The number of ether oxygens (including phenoxy) is 2. The molecular formula is C14H19N5O2. The summed E-state index contributed by atoms with van der Waals surface area (Å²) in [6, 6.07) is 2.05. The van der Waals surface area contributed by atoms with Gasteiger partial charge >= 0.3 is 0 Å². The van der Waals surface area contributed by atoms with Crippen LogP contribution in [0.3, 0.4) is 0 Å². The van der Waals surface area contributed by atoms with Gasteiger partial charge < -0.3 is 19.3 Å². The quantitative estimate of drug-likeness (QED) is 0.798. The van der Waals surface area contributed by atoms with Crippen molar-refractivity contribution in [1.29, 1.82) is 0 Å². The van der Waals surface area contributed by atoms with Crippen molar-refractivity contribution >= 4 is 17.4 Å². The summed E-state index contributed by atoms with van der Waals surface area (Å²) >= 11 is 0. The van der Waals surface area contributed by atoms with E-state index in [0.717, 1.165) is 70.0 Å². The van der Waals surface area contributed by atoms with Gasteiger partial charge in [-0.05, 0) is 0 Å². The fourth-order valence-corrected chi connectivity index (χ4v) is 2.84. The summed E-state index contributed by atoms with van der Waals surface area (Å²) in [5.41, 5.74) is 0.938. The highest BCUT2D eigenvalue weighted by Crippen LogP contribution is 2.22. The average Bonchev–Trinajstić information content (AvgIpc) is 3.04. The number of aromatic nitrogens is 3. The van der Waals surface area contributed by atoms with Crippen LogP contribution in [-0.2, 0) is 9.47 Å². The minimum absolute atomic E-state index is 0.750. The summed E-state index contributed by atoms with van der Waals surface area (Å²) in [4.78, 5) is 13.9. The minimum atomic E-state index is 0.750. The Hall–Kier alpha value is -1.86. The molecule has 0 unspecified atom stereocenters. The first-order valence-electron chi connectivity index (χ1n) is 7.41. The zero-order valence-electron chi connectivity index (χ0n) is 11.9. The lowest BCUT2D eigenvalue weighted by Crippen LogP contribution is -2.39. The first-order valence-corrected chi connectivity index (χ1v) is 7.41. The SMILES string of the molecule is c1cn2c(N3CCOCC3)nc(N3CCOCC3)cc2n1. The summed E-state index contributed by atoms with van der Waals surface area (Å²) in [5, 5.41) is 0. The third-order valence-electron chi connectivity index (χ3n) is 3.99. The van der Waals surface area contributed by atoms with Crippen molar-refractivity contribution in [3.05, 3.63) is 18.5 Å². The van der Waals surface area contributed by atoms with Crippen molar-refractivity contribution in [1.82, 2.24) is 14.4 Å². The molecule has 0 atom stereocenters. The van der Waals surface area contributed by atoms with Crippen LogP contribution in [0.2, 0.25) is 0 Å². The monoisotopic (exact) mass is 289 g/mol. The van der Waals surface area contributed by atoms with E-state index in [4.69, 9.17) is 14.5 Å². The van der Waals surface area contributed by atoms with Gasteiger partial charge in [-0.2, -0.15) is 4.98 Å². The Labute approximate surface area is 123 Å². The molecule has 0 radical (unpaired) electrons. The van der Waals surface area contributed by atoms with E-state index in [0.29, 0.717) is 0 Å². The van der Waals surface area contributed by atoms with Gasteiger partial charge in [0.1, 0.15) is 11.5 Å². The highest BCUT2D eigenvalue weighted by molar-refractivity contribution is 5.57. The summed E-state index contributed by atoms with van der Waals surface area (Å²) in [6.07, 6.45) is 3.79. The second-order valence-electron chi connectivity index (χ2n) is 5.27. The van der Waals surface area contributed by atoms with Gasteiger partial charge in [0, 0.05) is 44.6 Å². The second-order valence-corrected chi connectivity index (χ2v) is 5.27. The van der Waals surface area contributed by atoms with Gasteiger partial charge in [-0.1, -0.05) is 0 Å². The normalized spacial score (nSPS) is 20.2. The molecule has 21 heavy (non-hydrogen) atoms. The largest absolute Gasteiger partial charge is 0.378 e. The van der Waals surface area contributed by atoms with Crippen LogP contribution in [0.15, 0.2) is 18.5 Å². The van der Waals surface area contributed by atoms with E-state index in [1.165, 1.54) is 0 Å². The van der Waals surface area contributed by atoms with Crippen LogP contribution in [0.25, 0.3) is 5.65 Å². The molecule has 0 spiro atoms. The lowest BCUT2D eigenvalue weighted by atomic mass is 10.4. The van der Waals surface area contributed by atoms with E-state index in [1.807, 2.05) is 12.4 Å². The van der Waals surface area contributed by atoms with E-state index in [-0.39, 0.29) is 0 Å². The number of fused-ring (bicyclic) bond motifs is 1.